The van der Waals surface area contributed by atoms with Gasteiger partial charge in [0.1, 0.15) is 30.3 Å². The Labute approximate surface area is 354 Å². The molecule has 0 atom stereocenters. The lowest BCUT2D eigenvalue weighted by atomic mass is 10.0. The molecular weight excluding hydrogens is 841 g/mol. The van der Waals surface area contributed by atoms with Crippen LogP contribution >= 0.6 is 11.6 Å². The van der Waals surface area contributed by atoms with E-state index in [-0.39, 0.29) is 20.7 Å². The highest BCUT2D eigenvalue weighted by Crippen LogP contribution is 2.34. The zero-order valence-electron chi connectivity index (χ0n) is 33.4. The first-order valence-electron chi connectivity index (χ1n) is 18.4. The highest BCUT2D eigenvalue weighted by atomic mass is 35.5. The molecule has 0 spiro atoms. The van der Waals surface area contributed by atoms with Gasteiger partial charge in [-0.25, -0.2) is 14.4 Å². The number of nitrogens with zero attached hydrogens (tertiary/aromatic N) is 3. The molecule has 19 heteroatoms. The zero-order valence-corrected chi connectivity index (χ0v) is 35.8. The van der Waals surface area contributed by atoms with Gasteiger partial charge in [-0.15, -0.1) is 0 Å². The number of piperidine rings is 1. The average molecular weight is 888 g/mol. The smallest absolute Gasteiger partial charge is 0.294 e. The maximum absolute atomic E-state index is 13.6. The van der Waals surface area contributed by atoms with Crippen molar-refractivity contribution in [2.45, 2.75) is 36.5 Å². The molecule has 322 valence electrons. The van der Waals surface area contributed by atoms with Crippen molar-refractivity contribution in [3.8, 4) is 5.75 Å². The predicted molar refractivity (Wildman–Crippen MR) is 228 cm³/mol. The number of amides is 1. The van der Waals surface area contributed by atoms with Crippen molar-refractivity contribution in [1.82, 2.24) is 14.9 Å². The minimum absolute atomic E-state index is 0.00675. The number of hydrogen-bond acceptors (Lipinski definition) is 12. The number of carbonyl (C=O) groups is 1. The maximum Gasteiger partial charge on any atom is 0.294 e. The molecule has 1 amide bonds. The van der Waals surface area contributed by atoms with E-state index in [9.17, 15) is 26.0 Å². The highest BCUT2D eigenvalue weighted by Gasteiger charge is 2.17. The van der Waals surface area contributed by atoms with Crippen molar-refractivity contribution in [3.05, 3.63) is 119 Å². The first kappa shape index (κ1) is 47.6. The largest absolute Gasteiger partial charge is 0.489 e. The van der Waals surface area contributed by atoms with Gasteiger partial charge in [0.15, 0.2) is 0 Å². The zero-order chi connectivity index (χ0) is 43.9. The second-order valence-corrected chi connectivity index (χ2v) is 16.6. The molecule has 0 radical (unpaired) electrons. The number of methoxy groups -OCH3 is 2. The fourth-order valence-electron chi connectivity index (χ4n) is 5.55. The molecule has 4 aromatic carbocycles. The monoisotopic (exact) mass is 887 g/mol. The van der Waals surface area contributed by atoms with Crippen LogP contribution in [0.25, 0.3) is 10.9 Å². The van der Waals surface area contributed by atoms with Gasteiger partial charge in [0.05, 0.1) is 39.2 Å². The van der Waals surface area contributed by atoms with E-state index in [4.69, 9.17) is 34.9 Å². The lowest BCUT2D eigenvalue weighted by Crippen LogP contribution is -2.33. The van der Waals surface area contributed by atoms with E-state index in [0.717, 1.165) is 49.2 Å². The Morgan fingerprint density at radius 2 is 1.42 bits per heavy atom. The fraction of sp³-hybridized carbons (Fsp3) is 0.293. The second kappa shape index (κ2) is 22.5. The molecule has 0 unspecified atom stereocenters. The Balaban J connectivity index is 0.000000291. The van der Waals surface area contributed by atoms with Crippen LogP contribution < -0.4 is 15.4 Å². The molecule has 1 saturated heterocycles. The van der Waals surface area contributed by atoms with Crippen molar-refractivity contribution in [2.75, 3.05) is 64.3 Å². The van der Waals surface area contributed by atoms with Gasteiger partial charge in [-0.1, -0.05) is 52.6 Å². The maximum atomic E-state index is 13.6. The Kier molecular flexibility index (Phi) is 17.9. The molecule has 1 aromatic heterocycles. The van der Waals surface area contributed by atoms with Gasteiger partial charge < -0.3 is 29.7 Å². The molecule has 0 saturated carbocycles. The molecule has 4 N–H and O–H groups in total. The van der Waals surface area contributed by atoms with Gasteiger partial charge in [0.25, 0.3) is 20.2 Å². The number of aromatic nitrogens is 2. The molecule has 2 heterocycles. The van der Waals surface area contributed by atoms with Crippen LogP contribution in [0.1, 0.15) is 24.0 Å². The Hall–Kier alpha value is -5.05. The van der Waals surface area contributed by atoms with Crippen LogP contribution in [-0.4, -0.2) is 100 Å². The molecule has 1 aliphatic rings. The Bertz CT molecular complexity index is 2390. The lowest BCUT2D eigenvalue weighted by Gasteiger charge is -2.27. The van der Waals surface area contributed by atoms with Gasteiger partial charge >= 0.3 is 0 Å². The van der Waals surface area contributed by atoms with E-state index in [1.54, 1.807) is 62.8 Å². The van der Waals surface area contributed by atoms with Gasteiger partial charge in [-0.2, -0.15) is 16.8 Å². The Morgan fingerprint density at radius 3 is 1.95 bits per heavy atom. The molecule has 1 fully saturated rings. The van der Waals surface area contributed by atoms with Gasteiger partial charge in [-0.05, 0) is 75.2 Å². The molecular formula is C41H47ClFN5O10S2. The van der Waals surface area contributed by atoms with Gasteiger partial charge in [-0.3, -0.25) is 13.9 Å². The lowest BCUT2D eigenvalue weighted by molar-refractivity contribution is -0.112. The van der Waals surface area contributed by atoms with Crippen molar-refractivity contribution in [1.29, 1.82) is 0 Å². The molecule has 0 aliphatic carbocycles. The standard InChI is InChI=1S/C27H31ClFN5O4.2C7H8O3S/c1-36-10-9-34-7-5-18(6-8-34)13-26(35)33-24-15-20-23(16-25(24)38-12-11-37-2)30-17-31-27(20)32-19-3-4-22(29)21(28)14-19;2*1-6-2-4-7(5-3-6)11(8,9)10/h3-4,13-17H,5-12H2,1-2H3,(H,33,35)(H,30,31,32);2*2-5H,1H3,(H,8,9,10). The normalized spacial score (nSPS) is 13.0. The van der Waals surface area contributed by atoms with Crippen LogP contribution in [0.5, 0.6) is 5.75 Å². The number of halogens is 2. The summed E-state index contributed by atoms with van der Waals surface area (Å²) < 4.78 is 88.9. The summed E-state index contributed by atoms with van der Waals surface area (Å²) in [6, 6.07) is 19.8. The van der Waals surface area contributed by atoms with Crippen LogP contribution in [0, 0.1) is 19.7 Å². The summed E-state index contributed by atoms with van der Waals surface area (Å²) in [7, 11) is -4.75. The fourth-order valence-corrected chi connectivity index (χ4v) is 6.69. The number of rotatable bonds is 13. The van der Waals surface area contributed by atoms with E-state index >= 15 is 0 Å². The first-order valence-corrected chi connectivity index (χ1v) is 21.6. The number of carbonyl (C=O) groups excluding carboxylic acids is 1. The Morgan fingerprint density at radius 1 is 0.833 bits per heavy atom. The number of likely N-dealkylation sites (tertiary alicyclic amines) is 1. The van der Waals surface area contributed by atoms with Crippen LogP contribution in [-0.2, 0) is 34.5 Å². The third-order valence-corrected chi connectivity index (χ3v) is 10.8. The molecule has 15 nitrogen and oxygen atoms in total. The van der Waals surface area contributed by atoms with Gasteiger partial charge in [0.2, 0.25) is 5.91 Å². The van der Waals surface area contributed by atoms with Crippen molar-refractivity contribution >= 4 is 65.8 Å². The van der Waals surface area contributed by atoms with E-state index in [1.807, 2.05) is 13.8 Å². The van der Waals surface area contributed by atoms with E-state index in [1.165, 1.54) is 42.7 Å². The predicted octanol–water partition coefficient (Wildman–Crippen LogP) is 7.28. The van der Waals surface area contributed by atoms with Crippen LogP contribution in [0.2, 0.25) is 5.02 Å². The number of benzene rings is 4. The minimum Gasteiger partial charge on any atom is -0.489 e. The van der Waals surface area contributed by atoms with Crippen molar-refractivity contribution in [3.63, 3.8) is 0 Å². The topological polar surface area (TPSA) is 207 Å². The number of ether oxygens (including phenoxy) is 3. The number of anilines is 3. The number of hydrogen-bond donors (Lipinski definition) is 4. The van der Waals surface area contributed by atoms with Crippen molar-refractivity contribution < 1.29 is 49.3 Å². The summed E-state index contributed by atoms with van der Waals surface area (Å²) in [5.74, 6) is 0.184. The van der Waals surface area contributed by atoms with Crippen molar-refractivity contribution in [2.24, 2.45) is 0 Å². The summed E-state index contributed by atoms with van der Waals surface area (Å²) in [5.41, 5.74) is 4.64. The van der Waals surface area contributed by atoms with Crippen LogP contribution in [0.3, 0.4) is 0 Å². The second-order valence-electron chi connectivity index (χ2n) is 13.4. The van der Waals surface area contributed by atoms with Crippen LogP contribution in [0.15, 0.2) is 107 Å². The third-order valence-electron chi connectivity index (χ3n) is 8.80. The van der Waals surface area contributed by atoms with Gasteiger partial charge in [0, 0.05) is 57.1 Å². The molecule has 60 heavy (non-hydrogen) atoms. The summed E-state index contributed by atoms with van der Waals surface area (Å²) in [6.07, 6.45) is 4.73. The van der Waals surface area contributed by atoms with E-state index < -0.39 is 26.1 Å². The molecule has 0 bridgehead atoms. The summed E-state index contributed by atoms with van der Waals surface area (Å²) in [5, 5.41) is 6.75. The molecule has 1 aliphatic heterocycles. The summed E-state index contributed by atoms with van der Waals surface area (Å²) >= 11 is 5.94. The number of fused-ring (bicyclic) bond motifs is 1. The summed E-state index contributed by atoms with van der Waals surface area (Å²) in [4.78, 5) is 23.9. The molecule has 5 aromatic rings. The van der Waals surface area contributed by atoms with E-state index in [0.29, 0.717) is 53.7 Å². The minimum atomic E-state index is -4.02. The number of aryl methyl sites for hydroxylation is 2. The molecule has 6 rings (SSSR count). The average Bonchev–Trinajstić information content (AvgIpc) is 3.19. The highest BCUT2D eigenvalue weighted by molar-refractivity contribution is 7.86. The number of nitrogens with one attached hydrogen (secondary N) is 2. The quantitative estimate of drug-likeness (QED) is 0.0521. The van der Waals surface area contributed by atoms with E-state index in [2.05, 4.69) is 25.5 Å². The SMILES string of the molecule is COCCOc1cc2ncnc(Nc3ccc(F)c(Cl)c3)c2cc1NC(=O)C=C1CCN(CCOC)CC1.Cc1ccc(S(=O)(=O)O)cc1.Cc1ccc(S(=O)(=O)O)cc1. The first-order chi connectivity index (χ1) is 28.5. The summed E-state index contributed by atoms with van der Waals surface area (Å²) in [6.45, 7) is 7.74. The third kappa shape index (κ3) is 15.2. The van der Waals surface area contributed by atoms with Crippen LogP contribution in [0.4, 0.5) is 21.6 Å².